The van der Waals surface area contributed by atoms with Gasteiger partial charge in [0.1, 0.15) is 11.6 Å². The SMILES string of the molecule is Cc1c(Cn2ccnc2)ccc2c(F)cc(F)cc12. The molecule has 4 heteroatoms. The van der Waals surface area contributed by atoms with E-state index in [9.17, 15) is 8.78 Å². The molecule has 0 saturated heterocycles. The van der Waals surface area contributed by atoms with Crippen LogP contribution in [0.15, 0.2) is 43.0 Å². The van der Waals surface area contributed by atoms with Gasteiger partial charge in [-0.2, -0.15) is 0 Å². The molecule has 1 heterocycles. The van der Waals surface area contributed by atoms with Crippen LogP contribution in [-0.4, -0.2) is 9.55 Å². The molecule has 0 spiro atoms. The van der Waals surface area contributed by atoms with Crippen molar-refractivity contribution in [2.75, 3.05) is 0 Å². The Balaban J connectivity index is 2.15. The van der Waals surface area contributed by atoms with Gasteiger partial charge in [0.05, 0.1) is 6.33 Å². The first-order valence-corrected chi connectivity index (χ1v) is 5.98. The fraction of sp³-hybridized carbons (Fsp3) is 0.133. The van der Waals surface area contributed by atoms with Crippen molar-refractivity contribution < 1.29 is 8.78 Å². The summed E-state index contributed by atoms with van der Waals surface area (Å²) in [6.07, 6.45) is 5.28. The zero-order valence-corrected chi connectivity index (χ0v) is 10.4. The molecule has 0 aliphatic carbocycles. The smallest absolute Gasteiger partial charge is 0.133 e. The Morgan fingerprint density at radius 3 is 2.74 bits per heavy atom. The van der Waals surface area contributed by atoms with Crippen LogP contribution in [0.5, 0.6) is 0 Å². The van der Waals surface area contributed by atoms with Crippen LogP contribution >= 0.6 is 0 Å². The van der Waals surface area contributed by atoms with Gasteiger partial charge in [-0.15, -0.1) is 0 Å². The molecule has 1 aromatic heterocycles. The lowest BCUT2D eigenvalue weighted by molar-refractivity contribution is 0.592. The molecule has 19 heavy (non-hydrogen) atoms. The molecule has 2 aromatic carbocycles. The summed E-state index contributed by atoms with van der Waals surface area (Å²) in [5, 5.41) is 1.07. The number of hydrogen-bond acceptors (Lipinski definition) is 1. The first-order valence-electron chi connectivity index (χ1n) is 5.98. The number of aryl methyl sites for hydroxylation is 1. The van der Waals surface area contributed by atoms with Crippen molar-refractivity contribution in [2.45, 2.75) is 13.5 Å². The summed E-state index contributed by atoms with van der Waals surface area (Å²) < 4.78 is 28.9. The van der Waals surface area contributed by atoms with Crippen molar-refractivity contribution in [3.8, 4) is 0 Å². The topological polar surface area (TPSA) is 17.8 Å². The van der Waals surface area contributed by atoms with E-state index in [0.29, 0.717) is 17.3 Å². The average molecular weight is 258 g/mol. The molecular formula is C15H12F2N2. The van der Waals surface area contributed by atoms with Crippen LogP contribution in [0.2, 0.25) is 0 Å². The molecule has 96 valence electrons. The number of rotatable bonds is 2. The normalized spacial score (nSPS) is 11.1. The van der Waals surface area contributed by atoms with Gasteiger partial charge >= 0.3 is 0 Å². The van der Waals surface area contributed by atoms with Crippen LogP contribution in [0.3, 0.4) is 0 Å². The number of nitrogens with zero attached hydrogens (tertiary/aromatic N) is 2. The summed E-state index contributed by atoms with van der Waals surface area (Å²) in [4.78, 5) is 3.98. The van der Waals surface area contributed by atoms with E-state index in [4.69, 9.17) is 0 Å². The zero-order valence-electron chi connectivity index (χ0n) is 10.4. The Labute approximate surface area is 109 Å². The predicted octanol–water partition coefficient (Wildman–Crippen LogP) is 3.67. The van der Waals surface area contributed by atoms with Crippen LogP contribution in [-0.2, 0) is 6.54 Å². The lowest BCUT2D eigenvalue weighted by Crippen LogP contribution is -2.00. The van der Waals surface area contributed by atoms with Gasteiger partial charge in [-0.05, 0) is 29.5 Å². The summed E-state index contributed by atoms with van der Waals surface area (Å²) in [5.74, 6) is -1.07. The van der Waals surface area contributed by atoms with E-state index in [1.165, 1.54) is 6.07 Å². The van der Waals surface area contributed by atoms with Gasteiger partial charge in [-0.1, -0.05) is 12.1 Å². The third kappa shape index (κ3) is 2.10. The number of imidazole rings is 1. The maximum absolute atomic E-state index is 13.7. The Hall–Kier alpha value is -2.23. The minimum Gasteiger partial charge on any atom is -0.333 e. The number of fused-ring (bicyclic) bond motifs is 1. The van der Waals surface area contributed by atoms with E-state index in [-0.39, 0.29) is 0 Å². The first-order chi connectivity index (χ1) is 9.15. The van der Waals surface area contributed by atoms with E-state index in [0.717, 1.165) is 17.2 Å². The lowest BCUT2D eigenvalue weighted by atomic mass is 9.99. The summed E-state index contributed by atoms with van der Waals surface area (Å²) in [6, 6.07) is 5.87. The van der Waals surface area contributed by atoms with E-state index >= 15 is 0 Å². The largest absolute Gasteiger partial charge is 0.333 e. The maximum atomic E-state index is 13.7. The Morgan fingerprint density at radius 2 is 2.00 bits per heavy atom. The minimum absolute atomic E-state index is 0.452. The molecule has 0 unspecified atom stereocenters. The van der Waals surface area contributed by atoms with E-state index in [2.05, 4.69) is 4.98 Å². The van der Waals surface area contributed by atoms with Gasteiger partial charge in [0.2, 0.25) is 0 Å². The predicted molar refractivity (Wildman–Crippen MR) is 69.9 cm³/mol. The molecule has 0 aliphatic rings. The number of benzene rings is 2. The highest BCUT2D eigenvalue weighted by Gasteiger charge is 2.09. The highest BCUT2D eigenvalue weighted by molar-refractivity contribution is 5.87. The van der Waals surface area contributed by atoms with E-state index < -0.39 is 11.6 Å². The van der Waals surface area contributed by atoms with Crippen molar-refractivity contribution in [3.63, 3.8) is 0 Å². The second-order valence-corrected chi connectivity index (χ2v) is 4.57. The fourth-order valence-corrected chi connectivity index (χ4v) is 2.29. The van der Waals surface area contributed by atoms with Crippen molar-refractivity contribution in [1.82, 2.24) is 9.55 Å². The van der Waals surface area contributed by atoms with Gasteiger partial charge in [0.15, 0.2) is 0 Å². The molecule has 0 saturated carbocycles. The van der Waals surface area contributed by atoms with Crippen LogP contribution in [0.4, 0.5) is 8.78 Å². The van der Waals surface area contributed by atoms with Crippen molar-refractivity contribution >= 4 is 10.8 Å². The maximum Gasteiger partial charge on any atom is 0.133 e. The highest BCUT2D eigenvalue weighted by Crippen LogP contribution is 2.25. The number of halogens is 2. The van der Waals surface area contributed by atoms with Crippen molar-refractivity contribution in [2.24, 2.45) is 0 Å². The van der Waals surface area contributed by atoms with Gasteiger partial charge < -0.3 is 4.57 Å². The third-order valence-corrected chi connectivity index (χ3v) is 3.34. The second kappa shape index (κ2) is 4.46. The molecule has 0 N–H and O–H groups in total. The van der Waals surface area contributed by atoms with E-state index in [1.807, 2.05) is 23.8 Å². The van der Waals surface area contributed by atoms with Crippen molar-refractivity contribution in [1.29, 1.82) is 0 Å². The highest BCUT2D eigenvalue weighted by atomic mass is 19.1. The first kappa shape index (κ1) is 11.8. The van der Waals surface area contributed by atoms with Gasteiger partial charge in [0, 0.05) is 30.4 Å². The summed E-state index contributed by atoms with van der Waals surface area (Å²) >= 11 is 0. The van der Waals surface area contributed by atoms with Crippen LogP contribution < -0.4 is 0 Å². The lowest BCUT2D eigenvalue weighted by Gasteiger charge is -2.11. The monoisotopic (exact) mass is 258 g/mol. The van der Waals surface area contributed by atoms with Crippen molar-refractivity contribution in [3.05, 3.63) is 65.7 Å². The molecular weight excluding hydrogens is 246 g/mol. The van der Waals surface area contributed by atoms with Crippen LogP contribution in [0, 0.1) is 18.6 Å². The standard InChI is InChI=1S/C15H12F2N2/c1-10-11(8-19-5-4-18-9-19)2-3-13-14(10)6-12(16)7-15(13)17/h2-7,9H,8H2,1H3. The molecule has 0 radical (unpaired) electrons. The molecule has 0 aliphatic heterocycles. The van der Waals surface area contributed by atoms with E-state index in [1.54, 1.807) is 18.6 Å². The van der Waals surface area contributed by atoms with Gasteiger partial charge in [-0.25, -0.2) is 13.8 Å². The number of hydrogen-bond donors (Lipinski definition) is 0. The van der Waals surface area contributed by atoms with Crippen LogP contribution in [0.1, 0.15) is 11.1 Å². The Bertz CT molecular complexity index is 733. The third-order valence-electron chi connectivity index (χ3n) is 3.34. The second-order valence-electron chi connectivity index (χ2n) is 4.57. The summed E-state index contributed by atoms with van der Waals surface area (Å²) in [7, 11) is 0. The van der Waals surface area contributed by atoms with Gasteiger partial charge in [0.25, 0.3) is 0 Å². The zero-order chi connectivity index (χ0) is 13.4. The molecule has 3 rings (SSSR count). The Kier molecular flexibility index (Phi) is 2.78. The Morgan fingerprint density at radius 1 is 1.16 bits per heavy atom. The van der Waals surface area contributed by atoms with Gasteiger partial charge in [-0.3, -0.25) is 0 Å². The quantitative estimate of drug-likeness (QED) is 0.685. The fourth-order valence-electron chi connectivity index (χ4n) is 2.29. The van der Waals surface area contributed by atoms with Crippen LogP contribution in [0.25, 0.3) is 10.8 Å². The molecule has 0 atom stereocenters. The average Bonchev–Trinajstić information content (AvgIpc) is 2.86. The molecule has 0 amide bonds. The summed E-state index contributed by atoms with van der Waals surface area (Å²) in [5.41, 5.74) is 1.92. The minimum atomic E-state index is -0.548. The summed E-state index contributed by atoms with van der Waals surface area (Å²) in [6.45, 7) is 2.52. The molecule has 2 nitrogen and oxygen atoms in total. The number of aromatic nitrogens is 2. The molecule has 3 aromatic rings. The molecule has 0 fully saturated rings. The molecule has 0 bridgehead atoms.